The summed E-state index contributed by atoms with van der Waals surface area (Å²) in [6.07, 6.45) is 3.95. The normalized spacial score (nSPS) is 19.4. The summed E-state index contributed by atoms with van der Waals surface area (Å²) in [5.41, 5.74) is 2.83. The first-order chi connectivity index (χ1) is 7.70. The Morgan fingerprint density at radius 3 is 2.31 bits per heavy atom. The van der Waals surface area contributed by atoms with Crippen molar-refractivity contribution < 1.29 is 0 Å². The van der Waals surface area contributed by atoms with Crippen LogP contribution in [-0.2, 0) is 6.42 Å². The van der Waals surface area contributed by atoms with Crippen molar-refractivity contribution in [3.8, 4) is 0 Å². The molecule has 16 heavy (non-hydrogen) atoms. The van der Waals surface area contributed by atoms with Crippen LogP contribution < -0.4 is 5.32 Å². The van der Waals surface area contributed by atoms with Gasteiger partial charge in [-0.05, 0) is 50.2 Å². The fraction of sp³-hybridized carbons (Fsp3) is 0.600. The van der Waals surface area contributed by atoms with E-state index < -0.39 is 0 Å². The predicted molar refractivity (Wildman–Crippen MR) is 69.6 cm³/mol. The van der Waals surface area contributed by atoms with Gasteiger partial charge in [-0.3, -0.25) is 0 Å². The van der Waals surface area contributed by atoms with Crippen LogP contribution in [0.15, 0.2) is 24.3 Å². The van der Waals surface area contributed by atoms with Crippen LogP contribution in [-0.4, -0.2) is 6.04 Å². The lowest BCUT2D eigenvalue weighted by molar-refractivity contribution is 0.441. The Morgan fingerprint density at radius 1 is 1.19 bits per heavy atom. The van der Waals surface area contributed by atoms with Crippen molar-refractivity contribution in [3.63, 3.8) is 0 Å². The summed E-state index contributed by atoms with van der Waals surface area (Å²) in [4.78, 5) is 0. The zero-order valence-electron chi connectivity index (χ0n) is 10.7. The molecular formula is C15H23N. The summed E-state index contributed by atoms with van der Waals surface area (Å²) >= 11 is 0. The molecule has 0 spiro atoms. The topological polar surface area (TPSA) is 12.0 Å². The first kappa shape index (κ1) is 11.7. The van der Waals surface area contributed by atoms with Gasteiger partial charge in [-0.1, -0.05) is 31.2 Å². The Bertz CT molecular complexity index is 324. The number of hydrogen-bond acceptors (Lipinski definition) is 1. The molecule has 1 heteroatoms. The summed E-state index contributed by atoms with van der Waals surface area (Å²) < 4.78 is 0. The molecule has 1 aromatic rings. The molecule has 0 aromatic heterocycles. The largest absolute Gasteiger partial charge is 0.307 e. The molecule has 1 saturated carbocycles. The van der Waals surface area contributed by atoms with E-state index in [2.05, 4.69) is 50.4 Å². The Balaban J connectivity index is 1.93. The third kappa shape index (κ3) is 2.85. The minimum absolute atomic E-state index is 0.474. The SMILES string of the molecule is CCc1ccc(C(C)NC(C)C2CC2)cc1. The second kappa shape index (κ2) is 5.01. The van der Waals surface area contributed by atoms with Gasteiger partial charge in [0.1, 0.15) is 0 Å². The molecule has 0 saturated heterocycles. The molecule has 0 aliphatic heterocycles. The molecule has 1 aliphatic carbocycles. The van der Waals surface area contributed by atoms with E-state index in [1.165, 1.54) is 24.0 Å². The first-order valence-electron chi connectivity index (χ1n) is 6.55. The van der Waals surface area contributed by atoms with Crippen LogP contribution in [0.3, 0.4) is 0 Å². The fourth-order valence-corrected chi connectivity index (χ4v) is 2.26. The van der Waals surface area contributed by atoms with E-state index in [1.807, 2.05) is 0 Å². The van der Waals surface area contributed by atoms with E-state index in [9.17, 15) is 0 Å². The molecule has 0 radical (unpaired) electrons. The highest BCUT2D eigenvalue weighted by molar-refractivity contribution is 5.24. The van der Waals surface area contributed by atoms with Crippen molar-refractivity contribution >= 4 is 0 Å². The quantitative estimate of drug-likeness (QED) is 0.793. The van der Waals surface area contributed by atoms with E-state index in [0.717, 1.165) is 12.3 Å². The summed E-state index contributed by atoms with van der Waals surface area (Å²) in [5.74, 6) is 0.928. The molecule has 1 aliphatic rings. The molecule has 1 N–H and O–H groups in total. The zero-order chi connectivity index (χ0) is 11.5. The number of aryl methyl sites for hydroxylation is 1. The molecule has 0 bridgehead atoms. The van der Waals surface area contributed by atoms with Crippen molar-refractivity contribution in [1.82, 2.24) is 5.32 Å². The van der Waals surface area contributed by atoms with Gasteiger partial charge in [-0.25, -0.2) is 0 Å². The first-order valence-corrected chi connectivity index (χ1v) is 6.55. The van der Waals surface area contributed by atoms with E-state index in [-0.39, 0.29) is 0 Å². The van der Waals surface area contributed by atoms with Crippen LogP contribution in [0.5, 0.6) is 0 Å². The van der Waals surface area contributed by atoms with Gasteiger partial charge in [0.25, 0.3) is 0 Å². The Kier molecular flexibility index (Phi) is 3.65. The lowest BCUT2D eigenvalue weighted by Gasteiger charge is -2.20. The molecule has 1 fully saturated rings. The zero-order valence-corrected chi connectivity index (χ0v) is 10.7. The summed E-state index contributed by atoms with van der Waals surface area (Å²) in [5, 5.41) is 3.70. The van der Waals surface area contributed by atoms with E-state index >= 15 is 0 Å². The monoisotopic (exact) mass is 217 g/mol. The number of benzene rings is 1. The average molecular weight is 217 g/mol. The Labute approximate surface area is 99.3 Å². The lowest BCUT2D eigenvalue weighted by Crippen LogP contribution is -2.30. The number of nitrogens with one attached hydrogen (secondary N) is 1. The van der Waals surface area contributed by atoms with Gasteiger partial charge in [0.15, 0.2) is 0 Å². The third-order valence-corrected chi connectivity index (χ3v) is 3.73. The number of hydrogen-bond donors (Lipinski definition) is 1. The minimum atomic E-state index is 0.474. The van der Waals surface area contributed by atoms with Crippen molar-refractivity contribution in [3.05, 3.63) is 35.4 Å². The Morgan fingerprint density at radius 2 is 1.81 bits per heavy atom. The maximum Gasteiger partial charge on any atom is 0.0294 e. The van der Waals surface area contributed by atoms with Crippen LogP contribution >= 0.6 is 0 Å². The predicted octanol–water partition coefficient (Wildman–Crippen LogP) is 3.70. The highest BCUT2D eigenvalue weighted by Gasteiger charge is 2.28. The minimum Gasteiger partial charge on any atom is -0.307 e. The molecule has 2 atom stereocenters. The standard InChI is InChI=1S/C15H23N/c1-4-13-5-7-14(8-6-13)11(2)16-12(3)15-9-10-15/h5-8,11-12,15-16H,4,9-10H2,1-3H3. The van der Waals surface area contributed by atoms with Crippen LogP contribution in [0, 0.1) is 5.92 Å². The van der Waals surface area contributed by atoms with Gasteiger partial charge < -0.3 is 5.32 Å². The van der Waals surface area contributed by atoms with Crippen LogP contribution in [0.2, 0.25) is 0 Å². The molecule has 2 unspecified atom stereocenters. The average Bonchev–Trinajstić information content (AvgIpc) is 3.13. The van der Waals surface area contributed by atoms with Crippen LogP contribution in [0.4, 0.5) is 0 Å². The second-order valence-electron chi connectivity index (χ2n) is 5.11. The van der Waals surface area contributed by atoms with Crippen LogP contribution in [0.25, 0.3) is 0 Å². The highest BCUT2D eigenvalue weighted by atomic mass is 15.0. The molecule has 88 valence electrons. The maximum atomic E-state index is 3.70. The molecule has 1 aromatic carbocycles. The smallest absolute Gasteiger partial charge is 0.0294 e. The van der Waals surface area contributed by atoms with Crippen molar-refractivity contribution in [1.29, 1.82) is 0 Å². The van der Waals surface area contributed by atoms with Gasteiger partial charge in [-0.2, -0.15) is 0 Å². The summed E-state index contributed by atoms with van der Waals surface area (Å²) in [7, 11) is 0. The molecule has 1 nitrogen and oxygen atoms in total. The van der Waals surface area contributed by atoms with Gasteiger partial charge in [0, 0.05) is 12.1 Å². The molecule has 0 heterocycles. The lowest BCUT2D eigenvalue weighted by atomic mass is 10.0. The number of rotatable bonds is 5. The Hall–Kier alpha value is -0.820. The van der Waals surface area contributed by atoms with E-state index in [1.54, 1.807) is 0 Å². The van der Waals surface area contributed by atoms with Gasteiger partial charge in [-0.15, -0.1) is 0 Å². The molecule has 0 amide bonds. The van der Waals surface area contributed by atoms with Crippen molar-refractivity contribution in [2.45, 2.75) is 52.1 Å². The third-order valence-electron chi connectivity index (χ3n) is 3.73. The van der Waals surface area contributed by atoms with Gasteiger partial charge >= 0.3 is 0 Å². The second-order valence-corrected chi connectivity index (χ2v) is 5.11. The van der Waals surface area contributed by atoms with E-state index in [4.69, 9.17) is 0 Å². The van der Waals surface area contributed by atoms with Crippen LogP contribution in [0.1, 0.15) is 50.8 Å². The fourth-order valence-electron chi connectivity index (χ4n) is 2.26. The molecule has 2 rings (SSSR count). The van der Waals surface area contributed by atoms with Crippen molar-refractivity contribution in [2.24, 2.45) is 5.92 Å². The highest BCUT2D eigenvalue weighted by Crippen LogP contribution is 2.33. The van der Waals surface area contributed by atoms with Gasteiger partial charge in [0.05, 0.1) is 0 Å². The van der Waals surface area contributed by atoms with Crippen molar-refractivity contribution in [2.75, 3.05) is 0 Å². The maximum absolute atomic E-state index is 3.70. The van der Waals surface area contributed by atoms with Gasteiger partial charge in [0.2, 0.25) is 0 Å². The molecular weight excluding hydrogens is 194 g/mol. The summed E-state index contributed by atoms with van der Waals surface area (Å²) in [6.45, 7) is 6.78. The van der Waals surface area contributed by atoms with E-state index in [0.29, 0.717) is 12.1 Å². The summed E-state index contributed by atoms with van der Waals surface area (Å²) in [6, 6.07) is 10.2.